The van der Waals surface area contributed by atoms with E-state index in [1.54, 1.807) is 11.0 Å². The average Bonchev–Trinajstić information content (AvgIpc) is 2.46. The molecule has 1 unspecified atom stereocenters. The monoisotopic (exact) mass is 273 g/mol. The molecule has 20 heavy (non-hydrogen) atoms. The first-order valence-corrected chi connectivity index (χ1v) is 7.03. The SMILES string of the molecule is CCC(C)CN(C)C(=O)c1cccc(C#CCCO)c1. The van der Waals surface area contributed by atoms with Gasteiger partial charge in [0.15, 0.2) is 0 Å². The van der Waals surface area contributed by atoms with Gasteiger partial charge < -0.3 is 10.0 Å². The van der Waals surface area contributed by atoms with Crippen molar-refractivity contribution in [3.05, 3.63) is 35.4 Å². The van der Waals surface area contributed by atoms with E-state index in [1.165, 1.54) is 0 Å². The lowest BCUT2D eigenvalue weighted by atomic mass is 10.1. The van der Waals surface area contributed by atoms with Gasteiger partial charge in [0.2, 0.25) is 0 Å². The van der Waals surface area contributed by atoms with E-state index in [1.807, 2.05) is 25.2 Å². The zero-order chi connectivity index (χ0) is 15.0. The van der Waals surface area contributed by atoms with Gasteiger partial charge in [0, 0.05) is 31.1 Å². The van der Waals surface area contributed by atoms with Gasteiger partial charge in [-0.2, -0.15) is 0 Å². The van der Waals surface area contributed by atoms with Crippen molar-refractivity contribution in [2.24, 2.45) is 5.92 Å². The zero-order valence-corrected chi connectivity index (χ0v) is 12.5. The normalized spacial score (nSPS) is 11.4. The Bertz CT molecular complexity index is 499. The highest BCUT2D eigenvalue weighted by atomic mass is 16.2. The Morgan fingerprint density at radius 2 is 2.20 bits per heavy atom. The van der Waals surface area contributed by atoms with Crippen LogP contribution in [0.1, 0.15) is 42.6 Å². The van der Waals surface area contributed by atoms with Crippen LogP contribution in [0.2, 0.25) is 0 Å². The summed E-state index contributed by atoms with van der Waals surface area (Å²) in [6.45, 7) is 5.08. The van der Waals surface area contributed by atoms with Crippen LogP contribution in [0.4, 0.5) is 0 Å². The van der Waals surface area contributed by atoms with Crippen molar-refractivity contribution in [2.45, 2.75) is 26.7 Å². The summed E-state index contributed by atoms with van der Waals surface area (Å²) in [5, 5.41) is 8.70. The van der Waals surface area contributed by atoms with Gasteiger partial charge in [-0.1, -0.05) is 38.2 Å². The maximum absolute atomic E-state index is 12.3. The van der Waals surface area contributed by atoms with Crippen LogP contribution in [0.5, 0.6) is 0 Å². The summed E-state index contributed by atoms with van der Waals surface area (Å²) in [7, 11) is 1.83. The smallest absolute Gasteiger partial charge is 0.253 e. The Kier molecular flexibility index (Phi) is 6.83. The number of carbonyl (C=O) groups excluding carboxylic acids is 1. The molecule has 0 saturated carbocycles. The summed E-state index contributed by atoms with van der Waals surface area (Å²) in [5.41, 5.74) is 1.47. The van der Waals surface area contributed by atoms with Crippen molar-refractivity contribution in [3.8, 4) is 11.8 Å². The molecule has 0 heterocycles. The van der Waals surface area contributed by atoms with E-state index in [0.29, 0.717) is 17.9 Å². The van der Waals surface area contributed by atoms with E-state index < -0.39 is 0 Å². The lowest BCUT2D eigenvalue weighted by Crippen LogP contribution is -2.30. The maximum atomic E-state index is 12.3. The number of rotatable bonds is 5. The fourth-order valence-corrected chi connectivity index (χ4v) is 1.85. The number of carbonyl (C=O) groups is 1. The molecule has 0 radical (unpaired) electrons. The minimum absolute atomic E-state index is 0.0242. The zero-order valence-electron chi connectivity index (χ0n) is 12.5. The number of aliphatic hydroxyl groups is 1. The van der Waals surface area contributed by atoms with Crippen LogP contribution < -0.4 is 0 Å². The van der Waals surface area contributed by atoms with Crippen molar-refractivity contribution in [1.82, 2.24) is 4.90 Å². The molecule has 0 spiro atoms. The second kappa shape index (κ2) is 8.39. The summed E-state index contributed by atoms with van der Waals surface area (Å²) < 4.78 is 0. The number of hydrogen-bond acceptors (Lipinski definition) is 2. The molecule has 3 nitrogen and oxygen atoms in total. The molecule has 1 aromatic carbocycles. The van der Waals surface area contributed by atoms with Crippen molar-refractivity contribution in [3.63, 3.8) is 0 Å². The van der Waals surface area contributed by atoms with Gasteiger partial charge in [-0.25, -0.2) is 0 Å². The molecule has 0 saturated heterocycles. The van der Waals surface area contributed by atoms with Gasteiger partial charge in [0.1, 0.15) is 0 Å². The summed E-state index contributed by atoms with van der Waals surface area (Å²) in [6, 6.07) is 7.33. The quantitative estimate of drug-likeness (QED) is 0.838. The van der Waals surface area contributed by atoms with E-state index in [-0.39, 0.29) is 12.5 Å². The molecule has 1 N–H and O–H groups in total. The van der Waals surface area contributed by atoms with E-state index >= 15 is 0 Å². The number of hydrogen-bond donors (Lipinski definition) is 1. The van der Waals surface area contributed by atoms with Gasteiger partial charge in [-0.05, 0) is 24.1 Å². The Morgan fingerprint density at radius 1 is 1.45 bits per heavy atom. The first-order chi connectivity index (χ1) is 9.58. The third-order valence-electron chi connectivity index (χ3n) is 3.21. The number of benzene rings is 1. The molecule has 0 bridgehead atoms. The molecule has 0 aliphatic rings. The molecular formula is C17H23NO2. The predicted molar refractivity (Wildman–Crippen MR) is 81.4 cm³/mol. The van der Waals surface area contributed by atoms with Crippen molar-refractivity contribution >= 4 is 5.91 Å². The van der Waals surface area contributed by atoms with Crippen LogP contribution in [0.3, 0.4) is 0 Å². The minimum Gasteiger partial charge on any atom is -0.395 e. The molecule has 1 aromatic rings. The third kappa shape index (κ3) is 5.07. The topological polar surface area (TPSA) is 40.5 Å². The highest BCUT2D eigenvalue weighted by molar-refractivity contribution is 5.94. The molecule has 0 fully saturated rings. The van der Waals surface area contributed by atoms with E-state index in [0.717, 1.165) is 18.5 Å². The van der Waals surface area contributed by atoms with Gasteiger partial charge in [0.05, 0.1) is 6.61 Å². The Balaban J connectivity index is 2.78. The Morgan fingerprint density at radius 3 is 2.85 bits per heavy atom. The number of amides is 1. The van der Waals surface area contributed by atoms with Gasteiger partial charge >= 0.3 is 0 Å². The number of aliphatic hydroxyl groups excluding tert-OH is 1. The fourth-order valence-electron chi connectivity index (χ4n) is 1.85. The molecule has 1 atom stereocenters. The van der Waals surface area contributed by atoms with Crippen LogP contribution >= 0.6 is 0 Å². The Labute approximate surface area is 121 Å². The second-order valence-corrected chi connectivity index (χ2v) is 5.06. The average molecular weight is 273 g/mol. The minimum atomic E-state index is 0.0242. The largest absolute Gasteiger partial charge is 0.395 e. The number of nitrogens with zero attached hydrogens (tertiary/aromatic N) is 1. The van der Waals surface area contributed by atoms with Crippen LogP contribution in [-0.2, 0) is 0 Å². The van der Waals surface area contributed by atoms with Gasteiger partial charge in [-0.15, -0.1) is 0 Å². The molecule has 3 heteroatoms. The summed E-state index contributed by atoms with van der Waals surface area (Å²) in [5.74, 6) is 6.34. The predicted octanol–water partition coefficient (Wildman–Crippen LogP) is 2.54. The highest BCUT2D eigenvalue weighted by Crippen LogP contribution is 2.10. The van der Waals surface area contributed by atoms with Crippen molar-refractivity contribution in [2.75, 3.05) is 20.2 Å². The fraction of sp³-hybridized carbons (Fsp3) is 0.471. The van der Waals surface area contributed by atoms with E-state index in [4.69, 9.17) is 5.11 Å². The molecule has 0 aromatic heterocycles. The van der Waals surface area contributed by atoms with Crippen LogP contribution in [-0.4, -0.2) is 36.1 Å². The van der Waals surface area contributed by atoms with Crippen LogP contribution in [0, 0.1) is 17.8 Å². The van der Waals surface area contributed by atoms with Gasteiger partial charge in [-0.3, -0.25) is 4.79 Å². The summed E-state index contributed by atoms with van der Waals surface area (Å²) >= 11 is 0. The van der Waals surface area contributed by atoms with Crippen molar-refractivity contribution < 1.29 is 9.90 Å². The standard InChI is InChI=1S/C17H23NO2/c1-4-14(2)13-18(3)17(20)16-10-7-9-15(12-16)8-5-6-11-19/h7,9-10,12,14,19H,4,6,11,13H2,1-3H3. The molecule has 1 amide bonds. The second-order valence-electron chi connectivity index (χ2n) is 5.06. The first-order valence-electron chi connectivity index (χ1n) is 7.03. The lowest BCUT2D eigenvalue weighted by molar-refractivity contribution is 0.0775. The van der Waals surface area contributed by atoms with E-state index in [2.05, 4.69) is 25.7 Å². The first kappa shape index (κ1) is 16.3. The maximum Gasteiger partial charge on any atom is 0.253 e. The molecule has 0 aliphatic carbocycles. The molecular weight excluding hydrogens is 250 g/mol. The van der Waals surface area contributed by atoms with Crippen LogP contribution in [0.15, 0.2) is 24.3 Å². The Hall–Kier alpha value is -1.79. The summed E-state index contributed by atoms with van der Waals surface area (Å²) in [4.78, 5) is 14.1. The van der Waals surface area contributed by atoms with Crippen LogP contribution in [0.25, 0.3) is 0 Å². The lowest BCUT2D eigenvalue weighted by Gasteiger charge is -2.20. The molecule has 108 valence electrons. The molecule has 0 aliphatic heterocycles. The van der Waals surface area contributed by atoms with Gasteiger partial charge in [0.25, 0.3) is 5.91 Å². The van der Waals surface area contributed by atoms with E-state index in [9.17, 15) is 4.79 Å². The molecule has 1 rings (SSSR count). The third-order valence-corrected chi connectivity index (χ3v) is 3.21. The summed E-state index contributed by atoms with van der Waals surface area (Å²) in [6.07, 6.45) is 1.51. The highest BCUT2D eigenvalue weighted by Gasteiger charge is 2.13. The van der Waals surface area contributed by atoms with Crippen molar-refractivity contribution in [1.29, 1.82) is 0 Å².